The third-order valence-electron chi connectivity index (χ3n) is 2.37. The Morgan fingerprint density at radius 2 is 2.16 bits per heavy atom. The lowest BCUT2D eigenvalue weighted by Crippen LogP contribution is -2.51. The predicted molar refractivity (Wildman–Crippen MR) is 63.8 cm³/mol. The summed E-state index contributed by atoms with van der Waals surface area (Å²) in [5.74, 6) is 0. The van der Waals surface area contributed by atoms with Crippen LogP contribution in [-0.4, -0.2) is 48.1 Å². The van der Waals surface area contributed by atoms with Gasteiger partial charge in [0.2, 0.25) is 0 Å². The van der Waals surface area contributed by atoms with Crippen molar-refractivity contribution < 1.29 is 30.5 Å². The molecular formula is C12H21F2NO4. The zero-order chi connectivity index (χ0) is 16.6. The Morgan fingerprint density at radius 1 is 1.58 bits per heavy atom. The highest BCUT2D eigenvalue weighted by atomic mass is 19.3. The molecule has 0 aromatic heterocycles. The summed E-state index contributed by atoms with van der Waals surface area (Å²) in [4.78, 5) is 13.2. The van der Waals surface area contributed by atoms with Gasteiger partial charge in [-0.25, -0.2) is 4.79 Å². The molecule has 0 radical (unpaired) electrons. The highest BCUT2D eigenvalue weighted by Gasteiger charge is 2.45. The topological polar surface area (TPSA) is 48.0 Å². The van der Waals surface area contributed by atoms with Crippen LogP contribution in [0.15, 0.2) is 0 Å². The van der Waals surface area contributed by atoms with Gasteiger partial charge in [0.15, 0.2) is 0 Å². The first-order valence-corrected chi connectivity index (χ1v) is 5.88. The molecular weight excluding hydrogens is 260 g/mol. The van der Waals surface area contributed by atoms with Crippen LogP contribution in [0.25, 0.3) is 0 Å². The van der Waals surface area contributed by atoms with E-state index in [4.69, 9.17) is 12.2 Å². The largest absolute Gasteiger partial charge is 0.444 e. The average Bonchev–Trinajstić information content (AvgIpc) is 2.49. The molecule has 7 heteroatoms. The van der Waals surface area contributed by atoms with Gasteiger partial charge in [-0.2, -0.15) is 8.78 Å². The SMILES string of the molecule is [2H]C([2H])(OC(F)F)[C@H]1COC(C)(C)N1C(=O)OC(C)(C)C. The Bertz CT molecular complexity index is 399. The van der Waals surface area contributed by atoms with Crippen molar-refractivity contribution >= 4 is 6.09 Å². The molecule has 1 aliphatic rings. The maximum Gasteiger partial charge on any atom is 0.412 e. The van der Waals surface area contributed by atoms with Gasteiger partial charge in [-0.1, -0.05) is 0 Å². The van der Waals surface area contributed by atoms with Gasteiger partial charge in [0.1, 0.15) is 11.3 Å². The molecule has 1 amide bonds. The number of alkyl halides is 2. The van der Waals surface area contributed by atoms with Crippen molar-refractivity contribution in [1.29, 1.82) is 0 Å². The predicted octanol–water partition coefficient (Wildman–Crippen LogP) is 2.60. The van der Waals surface area contributed by atoms with Crippen molar-refractivity contribution in [2.24, 2.45) is 0 Å². The number of carbonyl (C=O) groups excluding carboxylic acids is 1. The summed E-state index contributed by atoms with van der Waals surface area (Å²) < 4.78 is 54.4. The first kappa shape index (κ1) is 13.1. The summed E-state index contributed by atoms with van der Waals surface area (Å²) in [6, 6.07) is -1.34. The molecule has 0 aliphatic carbocycles. The molecule has 0 aromatic carbocycles. The molecule has 112 valence electrons. The normalized spacial score (nSPS) is 25.3. The van der Waals surface area contributed by atoms with Crippen LogP contribution in [0, 0.1) is 0 Å². The molecule has 1 heterocycles. The molecule has 0 aromatic rings. The molecule has 0 spiro atoms. The fourth-order valence-corrected chi connectivity index (χ4v) is 1.68. The summed E-state index contributed by atoms with van der Waals surface area (Å²) in [5, 5.41) is 0. The summed E-state index contributed by atoms with van der Waals surface area (Å²) in [6.45, 7) is 1.65. The van der Waals surface area contributed by atoms with Crippen LogP contribution < -0.4 is 0 Å². The van der Waals surface area contributed by atoms with Crippen molar-refractivity contribution in [2.75, 3.05) is 13.2 Å². The van der Waals surface area contributed by atoms with E-state index in [1.54, 1.807) is 20.8 Å². The van der Waals surface area contributed by atoms with Crippen LogP contribution in [0.2, 0.25) is 0 Å². The maximum atomic E-state index is 12.3. The molecule has 1 saturated heterocycles. The van der Waals surface area contributed by atoms with Gasteiger partial charge in [-0.05, 0) is 34.6 Å². The zero-order valence-corrected chi connectivity index (χ0v) is 11.7. The first-order chi connectivity index (χ1) is 9.26. The molecule has 1 rings (SSSR count). The van der Waals surface area contributed by atoms with E-state index < -0.39 is 36.6 Å². The van der Waals surface area contributed by atoms with Gasteiger partial charge in [-0.15, -0.1) is 0 Å². The van der Waals surface area contributed by atoms with Crippen molar-refractivity contribution in [3.63, 3.8) is 0 Å². The lowest BCUT2D eigenvalue weighted by atomic mass is 10.2. The smallest absolute Gasteiger partial charge is 0.412 e. The van der Waals surface area contributed by atoms with Crippen LogP contribution in [0.3, 0.4) is 0 Å². The van der Waals surface area contributed by atoms with E-state index in [-0.39, 0.29) is 6.61 Å². The monoisotopic (exact) mass is 283 g/mol. The van der Waals surface area contributed by atoms with Gasteiger partial charge in [-0.3, -0.25) is 4.90 Å². The summed E-state index contributed by atoms with van der Waals surface area (Å²) in [6.07, 6.45) is -0.850. The van der Waals surface area contributed by atoms with Crippen LogP contribution in [0.5, 0.6) is 0 Å². The molecule has 1 atom stereocenters. The Hall–Kier alpha value is -0.950. The quantitative estimate of drug-likeness (QED) is 0.799. The zero-order valence-electron chi connectivity index (χ0n) is 13.7. The molecule has 19 heavy (non-hydrogen) atoms. The fraction of sp³-hybridized carbons (Fsp3) is 0.917. The molecule has 0 bridgehead atoms. The van der Waals surface area contributed by atoms with Crippen LogP contribution >= 0.6 is 0 Å². The number of nitrogens with zero attached hydrogens (tertiary/aromatic N) is 1. The number of ether oxygens (including phenoxy) is 3. The summed E-state index contributed by atoms with van der Waals surface area (Å²) in [5.41, 5.74) is -2.00. The summed E-state index contributed by atoms with van der Waals surface area (Å²) in [7, 11) is 0. The standard InChI is InChI=1S/C12H21F2NO4/c1-11(2,3)19-10(16)15-8(6-17-9(13)14)7-18-12(15,4)5/h8-9H,6-7H2,1-5H3/t8-/m0/s1/i6D2. The molecule has 5 nitrogen and oxygen atoms in total. The van der Waals surface area contributed by atoms with E-state index >= 15 is 0 Å². The lowest BCUT2D eigenvalue weighted by Gasteiger charge is -2.34. The molecule has 1 aliphatic heterocycles. The van der Waals surface area contributed by atoms with Crippen molar-refractivity contribution in [3.8, 4) is 0 Å². The van der Waals surface area contributed by atoms with Crippen LogP contribution in [0.4, 0.5) is 13.6 Å². The van der Waals surface area contributed by atoms with E-state index in [0.29, 0.717) is 0 Å². The minimum absolute atomic E-state index is 0.272. The number of amides is 1. The first-order valence-electron chi connectivity index (χ1n) is 6.88. The van der Waals surface area contributed by atoms with E-state index in [1.807, 2.05) is 0 Å². The second-order valence-corrected chi connectivity index (χ2v) is 5.62. The number of rotatable bonds is 3. The van der Waals surface area contributed by atoms with Gasteiger partial charge in [0, 0.05) is 0 Å². The van der Waals surface area contributed by atoms with Gasteiger partial charge in [0.25, 0.3) is 0 Å². The Balaban J connectivity index is 3.02. The number of hydrogen-bond donors (Lipinski definition) is 0. The van der Waals surface area contributed by atoms with Crippen LogP contribution in [-0.2, 0) is 14.2 Å². The lowest BCUT2D eigenvalue weighted by molar-refractivity contribution is -0.140. The molecule has 0 N–H and O–H groups in total. The molecule has 0 unspecified atom stereocenters. The van der Waals surface area contributed by atoms with E-state index in [2.05, 4.69) is 4.74 Å². The van der Waals surface area contributed by atoms with Crippen molar-refractivity contribution in [1.82, 2.24) is 4.90 Å². The number of hydrogen-bond acceptors (Lipinski definition) is 4. The van der Waals surface area contributed by atoms with E-state index in [9.17, 15) is 13.6 Å². The summed E-state index contributed by atoms with van der Waals surface area (Å²) >= 11 is 0. The molecule has 0 saturated carbocycles. The third kappa shape index (κ3) is 4.58. The second kappa shape index (κ2) is 5.58. The van der Waals surface area contributed by atoms with E-state index in [1.165, 1.54) is 13.8 Å². The highest BCUT2D eigenvalue weighted by Crippen LogP contribution is 2.29. The second-order valence-electron chi connectivity index (χ2n) is 5.62. The Labute approximate surface area is 114 Å². The highest BCUT2D eigenvalue weighted by molar-refractivity contribution is 5.69. The number of carbonyl (C=O) groups is 1. The Kier molecular flexibility index (Phi) is 3.83. The number of halogens is 2. The van der Waals surface area contributed by atoms with Crippen molar-refractivity contribution in [3.05, 3.63) is 0 Å². The van der Waals surface area contributed by atoms with Crippen LogP contribution in [0.1, 0.15) is 37.4 Å². The minimum Gasteiger partial charge on any atom is -0.444 e. The minimum atomic E-state index is -3.30. The van der Waals surface area contributed by atoms with Gasteiger partial charge in [0.05, 0.1) is 21.9 Å². The fourth-order valence-electron chi connectivity index (χ4n) is 1.68. The molecule has 1 fully saturated rings. The van der Waals surface area contributed by atoms with E-state index in [0.717, 1.165) is 4.90 Å². The third-order valence-corrected chi connectivity index (χ3v) is 2.37. The van der Waals surface area contributed by atoms with Crippen molar-refractivity contribution in [2.45, 2.75) is 58.6 Å². The average molecular weight is 283 g/mol. The van der Waals surface area contributed by atoms with Gasteiger partial charge >= 0.3 is 12.7 Å². The van der Waals surface area contributed by atoms with Gasteiger partial charge < -0.3 is 14.2 Å². The Morgan fingerprint density at radius 3 is 2.63 bits per heavy atom. The maximum absolute atomic E-state index is 12.3.